The van der Waals surface area contributed by atoms with Crippen molar-refractivity contribution in [3.8, 4) is 0 Å². The third kappa shape index (κ3) is 3.28. The fraction of sp³-hybridized carbons (Fsp3) is 0.938. The van der Waals surface area contributed by atoms with E-state index in [4.69, 9.17) is 0 Å². The molecule has 2 atom stereocenters. The molecule has 0 radical (unpaired) electrons. The lowest BCUT2D eigenvalue weighted by molar-refractivity contribution is -0.135. The molecule has 1 aliphatic carbocycles. The lowest BCUT2D eigenvalue weighted by atomic mass is 9.67. The van der Waals surface area contributed by atoms with E-state index in [1.807, 2.05) is 0 Å². The van der Waals surface area contributed by atoms with Crippen molar-refractivity contribution in [2.24, 2.45) is 11.3 Å². The van der Waals surface area contributed by atoms with Gasteiger partial charge in [-0.05, 0) is 45.1 Å². The number of nitrogens with zero attached hydrogens (tertiary/aromatic N) is 1. The number of fused-ring (bicyclic) bond motifs is 1. The fourth-order valence-corrected chi connectivity index (χ4v) is 5.61. The average Bonchev–Trinajstić information content (AvgIpc) is 3.00. The van der Waals surface area contributed by atoms with Crippen molar-refractivity contribution in [1.82, 2.24) is 14.9 Å². The van der Waals surface area contributed by atoms with Crippen molar-refractivity contribution in [2.75, 3.05) is 31.9 Å². The number of carbonyl (C=O) groups is 1. The highest BCUT2D eigenvalue weighted by molar-refractivity contribution is 7.89. The number of hydrogen-bond donors (Lipinski definition) is 2. The van der Waals surface area contributed by atoms with Crippen LogP contribution in [0.5, 0.6) is 0 Å². The zero-order valence-corrected chi connectivity index (χ0v) is 14.8. The molecular formula is C16H29N3O3S. The summed E-state index contributed by atoms with van der Waals surface area (Å²) in [4.78, 5) is 12.9. The van der Waals surface area contributed by atoms with E-state index in [9.17, 15) is 13.2 Å². The third-order valence-corrected chi connectivity index (χ3v) is 7.92. The molecule has 0 spiro atoms. The largest absolute Gasteiger partial charge is 0.353 e. The lowest BCUT2D eigenvalue weighted by Gasteiger charge is -2.39. The smallest absolute Gasteiger partial charge is 0.228 e. The molecule has 0 bridgehead atoms. The standard InChI is InChI=1S/C16H29N3O3S/c1-2-23(21,22)19-9-6-14(7-10-19)18-15(20)16-8-4-3-5-13(16)11-17-12-16/h13-14,17H,2-12H2,1H3,(H,18,20)/t13-,16+/m0/s1. The van der Waals surface area contributed by atoms with Gasteiger partial charge in [-0.15, -0.1) is 0 Å². The molecule has 0 aromatic heterocycles. The van der Waals surface area contributed by atoms with E-state index in [2.05, 4.69) is 10.6 Å². The second kappa shape index (κ2) is 6.69. The Labute approximate surface area is 139 Å². The molecule has 3 fully saturated rings. The maximum atomic E-state index is 12.9. The first-order valence-electron chi connectivity index (χ1n) is 8.97. The van der Waals surface area contributed by atoms with Crippen LogP contribution < -0.4 is 10.6 Å². The normalized spacial score (nSPS) is 33.3. The van der Waals surface area contributed by atoms with Gasteiger partial charge in [-0.3, -0.25) is 4.79 Å². The zero-order chi connectivity index (χ0) is 16.5. The predicted octanol–water partition coefficient (Wildman–Crippen LogP) is 0.697. The molecule has 2 N–H and O–H groups in total. The van der Waals surface area contributed by atoms with Crippen LogP contribution >= 0.6 is 0 Å². The van der Waals surface area contributed by atoms with Gasteiger partial charge in [-0.1, -0.05) is 12.8 Å². The molecule has 7 heteroatoms. The van der Waals surface area contributed by atoms with Gasteiger partial charge in [0.2, 0.25) is 15.9 Å². The maximum Gasteiger partial charge on any atom is 0.228 e. The summed E-state index contributed by atoms with van der Waals surface area (Å²) in [7, 11) is -3.10. The van der Waals surface area contributed by atoms with Crippen LogP contribution in [0, 0.1) is 11.3 Å². The van der Waals surface area contributed by atoms with Crippen molar-refractivity contribution in [3.05, 3.63) is 0 Å². The molecule has 2 saturated heterocycles. The minimum atomic E-state index is -3.10. The topological polar surface area (TPSA) is 78.5 Å². The first kappa shape index (κ1) is 17.2. The number of hydrogen-bond acceptors (Lipinski definition) is 4. The van der Waals surface area contributed by atoms with Gasteiger partial charge in [0.15, 0.2) is 0 Å². The van der Waals surface area contributed by atoms with Gasteiger partial charge < -0.3 is 10.6 Å². The Bertz CT molecular complexity index is 543. The molecule has 23 heavy (non-hydrogen) atoms. The summed E-state index contributed by atoms with van der Waals surface area (Å²) >= 11 is 0. The molecule has 6 nitrogen and oxygen atoms in total. The number of rotatable bonds is 4. The quantitative estimate of drug-likeness (QED) is 0.787. The summed E-state index contributed by atoms with van der Waals surface area (Å²) in [6.07, 6.45) is 5.94. The minimum Gasteiger partial charge on any atom is -0.353 e. The van der Waals surface area contributed by atoms with Gasteiger partial charge in [0.05, 0.1) is 11.2 Å². The Morgan fingerprint density at radius 1 is 1.26 bits per heavy atom. The molecule has 0 unspecified atom stereocenters. The Kier molecular flexibility index (Phi) is 4.99. The number of carbonyl (C=O) groups excluding carboxylic acids is 1. The van der Waals surface area contributed by atoms with Crippen LogP contribution in [0.2, 0.25) is 0 Å². The Morgan fingerprint density at radius 2 is 2.00 bits per heavy atom. The van der Waals surface area contributed by atoms with Crippen LogP contribution in [0.15, 0.2) is 0 Å². The summed E-state index contributed by atoms with van der Waals surface area (Å²) < 4.78 is 25.4. The predicted molar refractivity (Wildman–Crippen MR) is 89.5 cm³/mol. The first-order chi connectivity index (χ1) is 11.0. The number of amides is 1. The number of nitrogens with one attached hydrogen (secondary N) is 2. The summed E-state index contributed by atoms with van der Waals surface area (Å²) in [6, 6.07) is 0.114. The van der Waals surface area contributed by atoms with Crippen LogP contribution in [0.4, 0.5) is 0 Å². The number of sulfonamides is 1. The molecule has 132 valence electrons. The van der Waals surface area contributed by atoms with Gasteiger partial charge in [0.1, 0.15) is 0 Å². The monoisotopic (exact) mass is 343 g/mol. The molecule has 1 amide bonds. The van der Waals surface area contributed by atoms with Gasteiger partial charge in [0.25, 0.3) is 0 Å². The van der Waals surface area contributed by atoms with Crippen LogP contribution in [0.1, 0.15) is 45.4 Å². The van der Waals surface area contributed by atoms with E-state index in [1.54, 1.807) is 11.2 Å². The maximum absolute atomic E-state index is 12.9. The van der Waals surface area contributed by atoms with Crippen molar-refractivity contribution in [3.63, 3.8) is 0 Å². The Hall–Kier alpha value is -0.660. The highest BCUT2D eigenvalue weighted by Gasteiger charge is 2.50. The van der Waals surface area contributed by atoms with Crippen molar-refractivity contribution in [1.29, 1.82) is 0 Å². The van der Waals surface area contributed by atoms with Gasteiger partial charge in [-0.2, -0.15) is 0 Å². The zero-order valence-electron chi connectivity index (χ0n) is 14.0. The van der Waals surface area contributed by atoms with E-state index < -0.39 is 10.0 Å². The molecule has 3 aliphatic rings. The Balaban J connectivity index is 1.57. The summed E-state index contributed by atoms with van der Waals surface area (Å²) in [5, 5.41) is 6.65. The SMILES string of the molecule is CCS(=O)(=O)N1CCC(NC(=O)[C@@]23CCCC[C@H]2CNC3)CC1. The molecular weight excluding hydrogens is 314 g/mol. The summed E-state index contributed by atoms with van der Waals surface area (Å²) in [5.74, 6) is 0.821. The van der Waals surface area contributed by atoms with E-state index in [0.717, 1.165) is 45.2 Å². The van der Waals surface area contributed by atoms with E-state index in [-0.39, 0.29) is 23.1 Å². The van der Waals surface area contributed by atoms with Crippen LogP contribution in [0.3, 0.4) is 0 Å². The van der Waals surface area contributed by atoms with Gasteiger partial charge >= 0.3 is 0 Å². The fourth-order valence-electron chi connectivity index (χ4n) is 4.48. The van der Waals surface area contributed by atoms with E-state index in [1.165, 1.54) is 6.42 Å². The van der Waals surface area contributed by atoms with Crippen LogP contribution in [0.25, 0.3) is 0 Å². The van der Waals surface area contributed by atoms with Crippen LogP contribution in [-0.4, -0.2) is 56.6 Å². The minimum absolute atomic E-state index is 0.114. The van der Waals surface area contributed by atoms with Crippen molar-refractivity contribution >= 4 is 15.9 Å². The summed E-state index contributed by atoms with van der Waals surface area (Å²) in [6.45, 7) is 4.48. The van der Waals surface area contributed by atoms with E-state index >= 15 is 0 Å². The molecule has 3 rings (SSSR count). The Morgan fingerprint density at radius 3 is 2.70 bits per heavy atom. The van der Waals surface area contributed by atoms with Crippen molar-refractivity contribution in [2.45, 2.75) is 51.5 Å². The second-order valence-corrected chi connectivity index (χ2v) is 9.53. The van der Waals surface area contributed by atoms with Gasteiger partial charge in [-0.25, -0.2) is 12.7 Å². The molecule has 0 aromatic carbocycles. The average molecular weight is 343 g/mol. The molecule has 0 aromatic rings. The molecule has 2 aliphatic heterocycles. The van der Waals surface area contributed by atoms with Crippen LogP contribution in [-0.2, 0) is 14.8 Å². The highest BCUT2D eigenvalue weighted by Crippen LogP contribution is 2.44. The lowest BCUT2D eigenvalue weighted by Crippen LogP contribution is -2.53. The summed E-state index contributed by atoms with van der Waals surface area (Å²) in [5.41, 5.74) is -0.217. The first-order valence-corrected chi connectivity index (χ1v) is 10.6. The number of piperidine rings is 1. The highest BCUT2D eigenvalue weighted by atomic mass is 32.2. The van der Waals surface area contributed by atoms with E-state index in [0.29, 0.717) is 19.0 Å². The van der Waals surface area contributed by atoms with Gasteiger partial charge in [0, 0.05) is 25.7 Å². The second-order valence-electron chi connectivity index (χ2n) is 7.28. The molecule has 1 saturated carbocycles. The molecule has 2 heterocycles. The van der Waals surface area contributed by atoms with Crippen molar-refractivity contribution < 1.29 is 13.2 Å². The third-order valence-electron chi connectivity index (χ3n) is 6.04.